The Bertz CT molecular complexity index is 835. The summed E-state index contributed by atoms with van der Waals surface area (Å²) in [6, 6.07) is 21.7. The molecule has 3 aromatic rings. The molecular formula is C21H21NO2. The fourth-order valence-corrected chi connectivity index (χ4v) is 2.63. The molecule has 0 saturated heterocycles. The molecule has 24 heavy (non-hydrogen) atoms. The minimum atomic E-state index is -0.530. The maximum atomic E-state index is 12.5. The molecule has 0 fully saturated rings. The van der Waals surface area contributed by atoms with E-state index in [0.29, 0.717) is 6.42 Å². The lowest BCUT2D eigenvalue weighted by Crippen LogP contribution is -2.32. The minimum absolute atomic E-state index is 0.130. The Morgan fingerprint density at radius 2 is 1.71 bits per heavy atom. The lowest BCUT2D eigenvalue weighted by Gasteiger charge is -2.18. The van der Waals surface area contributed by atoms with Crippen molar-refractivity contribution in [2.75, 3.05) is 5.32 Å². The van der Waals surface area contributed by atoms with Gasteiger partial charge in [-0.2, -0.15) is 0 Å². The maximum Gasteiger partial charge on any atom is 0.265 e. The van der Waals surface area contributed by atoms with Gasteiger partial charge >= 0.3 is 0 Å². The summed E-state index contributed by atoms with van der Waals surface area (Å²) < 4.78 is 6.02. The van der Waals surface area contributed by atoms with Crippen LogP contribution in [0.4, 0.5) is 5.69 Å². The summed E-state index contributed by atoms with van der Waals surface area (Å²) in [5.74, 6) is 0.605. The van der Waals surface area contributed by atoms with Crippen LogP contribution in [0.25, 0.3) is 10.8 Å². The Morgan fingerprint density at radius 1 is 1.00 bits per heavy atom. The van der Waals surface area contributed by atoms with E-state index < -0.39 is 6.10 Å². The van der Waals surface area contributed by atoms with Crippen molar-refractivity contribution in [2.45, 2.75) is 26.4 Å². The van der Waals surface area contributed by atoms with Crippen molar-refractivity contribution in [1.82, 2.24) is 0 Å². The molecule has 3 aromatic carbocycles. The van der Waals surface area contributed by atoms with E-state index in [1.165, 1.54) is 0 Å². The number of hydrogen-bond donors (Lipinski definition) is 1. The van der Waals surface area contributed by atoms with Crippen molar-refractivity contribution in [3.05, 3.63) is 72.3 Å². The van der Waals surface area contributed by atoms with Gasteiger partial charge in [-0.25, -0.2) is 0 Å². The summed E-state index contributed by atoms with van der Waals surface area (Å²) in [5, 5.41) is 5.04. The third kappa shape index (κ3) is 3.57. The molecule has 0 aromatic heterocycles. The standard InChI is InChI=1S/C21H21NO2/c1-3-19(21(23)22-17-13-11-15(2)12-14-17)24-20-10-6-8-16-7-4-5-9-18(16)20/h4-14,19H,3H2,1-2H3,(H,22,23)/t19-/m0/s1. The second-order valence-corrected chi connectivity index (χ2v) is 5.85. The number of carbonyl (C=O) groups excluding carboxylic acids is 1. The third-order valence-corrected chi connectivity index (χ3v) is 4.00. The normalized spacial score (nSPS) is 11.9. The Labute approximate surface area is 142 Å². The van der Waals surface area contributed by atoms with Crippen LogP contribution in [0.1, 0.15) is 18.9 Å². The monoisotopic (exact) mass is 319 g/mol. The van der Waals surface area contributed by atoms with E-state index in [4.69, 9.17) is 4.74 Å². The van der Waals surface area contributed by atoms with Gasteiger partial charge in [0, 0.05) is 11.1 Å². The van der Waals surface area contributed by atoms with Gasteiger partial charge in [0.25, 0.3) is 5.91 Å². The van der Waals surface area contributed by atoms with Crippen LogP contribution >= 0.6 is 0 Å². The fourth-order valence-electron chi connectivity index (χ4n) is 2.63. The lowest BCUT2D eigenvalue weighted by molar-refractivity contribution is -0.122. The highest BCUT2D eigenvalue weighted by molar-refractivity contribution is 5.95. The molecule has 3 rings (SSSR count). The summed E-state index contributed by atoms with van der Waals surface area (Å²) in [7, 11) is 0. The Morgan fingerprint density at radius 3 is 2.46 bits per heavy atom. The molecule has 1 atom stereocenters. The summed E-state index contributed by atoms with van der Waals surface area (Å²) in [6.45, 7) is 3.97. The Balaban J connectivity index is 1.78. The molecule has 0 bridgehead atoms. The van der Waals surface area contributed by atoms with Crippen LogP contribution in [-0.2, 0) is 4.79 Å². The highest BCUT2D eigenvalue weighted by atomic mass is 16.5. The Hall–Kier alpha value is -2.81. The van der Waals surface area contributed by atoms with Crippen LogP contribution in [0.5, 0.6) is 5.75 Å². The zero-order valence-corrected chi connectivity index (χ0v) is 14.0. The topological polar surface area (TPSA) is 38.3 Å². The molecule has 1 amide bonds. The van der Waals surface area contributed by atoms with Gasteiger partial charge in [0.2, 0.25) is 0 Å². The fraction of sp³-hybridized carbons (Fsp3) is 0.190. The number of ether oxygens (including phenoxy) is 1. The average Bonchev–Trinajstić information content (AvgIpc) is 2.61. The maximum absolute atomic E-state index is 12.5. The number of anilines is 1. The number of rotatable bonds is 5. The molecule has 3 nitrogen and oxygen atoms in total. The zero-order valence-electron chi connectivity index (χ0n) is 14.0. The van der Waals surface area contributed by atoms with E-state index in [9.17, 15) is 4.79 Å². The Kier molecular flexibility index (Phi) is 4.80. The van der Waals surface area contributed by atoms with Gasteiger partial charge in [0.1, 0.15) is 5.75 Å². The van der Waals surface area contributed by atoms with E-state index in [0.717, 1.165) is 27.8 Å². The van der Waals surface area contributed by atoms with Gasteiger partial charge in [-0.3, -0.25) is 4.79 Å². The molecule has 3 heteroatoms. The molecule has 0 unspecified atom stereocenters. The predicted octanol–water partition coefficient (Wildman–Crippen LogP) is 4.94. The number of carbonyl (C=O) groups is 1. The van der Waals surface area contributed by atoms with E-state index in [2.05, 4.69) is 5.32 Å². The summed E-state index contributed by atoms with van der Waals surface area (Å²) in [4.78, 5) is 12.5. The lowest BCUT2D eigenvalue weighted by atomic mass is 10.1. The first-order valence-electron chi connectivity index (χ1n) is 8.19. The number of nitrogens with one attached hydrogen (secondary N) is 1. The number of fused-ring (bicyclic) bond motifs is 1. The summed E-state index contributed by atoms with van der Waals surface area (Å²) >= 11 is 0. The molecule has 0 heterocycles. The first-order valence-corrected chi connectivity index (χ1v) is 8.19. The first-order chi connectivity index (χ1) is 11.7. The average molecular weight is 319 g/mol. The van der Waals surface area contributed by atoms with Crippen LogP contribution in [0.2, 0.25) is 0 Å². The predicted molar refractivity (Wildman–Crippen MR) is 98.5 cm³/mol. The quantitative estimate of drug-likeness (QED) is 0.723. The van der Waals surface area contributed by atoms with Crippen molar-refractivity contribution < 1.29 is 9.53 Å². The van der Waals surface area contributed by atoms with Crippen LogP contribution in [0.3, 0.4) is 0 Å². The first kappa shape index (κ1) is 16.1. The zero-order chi connectivity index (χ0) is 16.9. The molecule has 1 N–H and O–H groups in total. The molecule has 0 aliphatic heterocycles. The van der Waals surface area contributed by atoms with Crippen LogP contribution in [-0.4, -0.2) is 12.0 Å². The molecule has 0 spiro atoms. The van der Waals surface area contributed by atoms with Crippen molar-refractivity contribution in [3.8, 4) is 5.75 Å². The molecular weight excluding hydrogens is 298 g/mol. The van der Waals surface area contributed by atoms with Gasteiger partial charge in [-0.05, 0) is 36.9 Å². The van der Waals surface area contributed by atoms with Gasteiger partial charge in [-0.15, -0.1) is 0 Å². The molecule has 0 aliphatic rings. The molecule has 0 radical (unpaired) electrons. The third-order valence-electron chi connectivity index (χ3n) is 4.00. The van der Waals surface area contributed by atoms with Crippen LogP contribution in [0.15, 0.2) is 66.7 Å². The van der Waals surface area contributed by atoms with E-state index in [-0.39, 0.29) is 5.91 Å². The minimum Gasteiger partial charge on any atom is -0.480 e. The second-order valence-electron chi connectivity index (χ2n) is 5.85. The largest absolute Gasteiger partial charge is 0.480 e. The van der Waals surface area contributed by atoms with Crippen molar-refractivity contribution in [2.24, 2.45) is 0 Å². The molecule has 0 saturated carbocycles. The van der Waals surface area contributed by atoms with E-state index >= 15 is 0 Å². The molecule has 0 aliphatic carbocycles. The van der Waals surface area contributed by atoms with Crippen molar-refractivity contribution in [1.29, 1.82) is 0 Å². The van der Waals surface area contributed by atoms with Crippen LogP contribution < -0.4 is 10.1 Å². The molecule has 122 valence electrons. The number of amides is 1. The van der Waals surface area contributed by atoms with Crippen molar-refractivity contribution >= 4 is 22.4 Å². The van der Waals surface area contributed by atoms with Crippen molar-refractivity contribution in [3.63, 3.8) is 0 Å². The number of aryl methyl sites for hydroxylation is 1. The van der Waals surface area contributed by atoms with E-state index in [1.807, 2.05) is 80.6 Å². The number of benzene rings is 3. The number of hydrogen-bond acceptors (Lipinski definition) is 2. The summed E-state index contributed by atoms with van der Waals surface area (Å²) in [5.41, 5.74) is 1.94. The smallest absolute Gasteiger partial charge is 0.265 e. The van der Waals surface area contributed by atoms with Gasteiger partial charge < -0.3 is 10.1 Å². The van der Waals surface area contributed by atoms with Crippen LogP contribution in [0, 0.1) is 6.92 Å². The summed E-state index contributed by atoms with van der Waals surface area (Å²) in [6.07, 6.45) is 0.0677. The highest BCUT2D eigenvalue weighted by Crippen LogP contribution is 2.26. The SMILES string of the molecule is CC[C@H](Oc1cccc2ccccc12)C(=O)Nc1ccc(C)cc1. The van der Waals surface area contributed by atoms with Gasteiger partial charge in [0.05, 0.1) is 0 Å². The highest BCUT2D eigenvalue weighted by Gasteiger charge is 2.19. The van der Waals surface area contributed by atoms with E-state index in [1.54, 1.807) is 0 Å². The van der Waals surface area contributed by atoms with Gasteiger partial charge in [0.15, 0.2) is 6.10 Å². The van der Waals surface area contributed by atoms with Gasteiger partial charge in [-0.1, -0.05) is 61.0 Å². The second kappa shape index (κ2) is 7.18.